The van der Waals surface area contributed by atoms with Gasteiger partial charge in [-0.05, 0) is 32.0 Å². The molecule has 2 aromatic heterocycles. The van der Waals surface area contributed by atoms with Crippen molar-refractivity contribution in [1.82, 2.24) is 19.9 Å². The van der Waals surface area contributed by atoms with Gasteiger partial charge in [0.1, 0.15) is 29.8 Å². The molecule has 1 N–H and O–H groups in total. The van der Waals surface area contributed by atoms with Gasteiger partial charge in [-0.15, -0.1) is 0 Å². The van der Waals surface area contributed by atoms with E-state index < -0.39 is 0 Å². The third-order valence-corrected chi connectivity index (χ3v) is 4.53. The van der Waals surface area contributed by atoms with Crippen molar-refractivity contribution in [2.75, 3.05) is 19.7 Å². The maximum atomic E-state index is 6.27. The summed E-state index contributed by atoms with van der Waals surface area (Å²) in [7, 11) is 2.02. The summed E-state index contributed by atoms with van der Waals surface area (Å²) in [6.45, 7) is 5.05. The lowest BCUT2D eigenvalue weighted by Crippen LogP contribution is -2.19. The van der Waals surface area contributed by atoms with Gasteiger partial charge in [0.15, 0.2) is 0 Å². The van der Waals surface area contributed by atoms with Gasteiger partial charge in [0.2, 0.25) is 0 Å². The molecule has 0 radical (unpaired) electrons. The second kappa shape index (κ2) is 6.37. The molecule has 1 unspecified atom stereocenters. The summed E-state index contributed by atoms with van der Waals surface area (Å²) in [4.78, 5) is 9.25. The van der Waals surface area contributed by atoms with Crippen molar-refractivity contribution >= 4 is 21.9 Å². The Morgan fingerprint density at radius 3 is 3.04 bits per heavy atom. The summed E-state index contributed by atoms with van der Waals surface area (Å²) < 4.78 is 13.9. The number of aromatic nitrogens is 3. The van der Waals surface area contributed by atoms with Crippen molar-refractivity contribution in [2.45, 2.75) is 26.1 Å². The van der Waals surface area contributed by atoms with Crippen molar-refractivity contribution in [1.29, 1.82) is 0 Å². The normalized spacial score (nSPS) is 17.8. The molecule has 1 aromatic carbocycles. The van der Waals surface area contributed by atoms with Crippen LogP contribution < -0.4 is 10.1 Å². The van der Waals surface area contributed by atoms with E-state index in [9.17, 15) is 0 Å². The molecule has 0 bridgehead atoms. The average molecular weight is 326 g/mol. The molecule has 4 rings (SSSR count). The van der Waals surface area contributed by atoms with Crippen LogP contribution in [0.15, 0.2) is 24.4 Å². The Bertz CT molecular complexity index is 868. The number of aryl methyl sites for hydroxylation is 1. The quantitative estimate of drug-likeness (QED) is 0.780. The van der Waals surface area contributed by atoms with Gasteiger partial charge in [-0.25, -0.2) is 4.98 Å². The number of hydrogen-bond donors (Lipinski definition) is 1. The number of ether oxygens (including phenoxy) is 2. The van der Waals surface area contributed by atoms with Crippen LogP contribution in [0.2, 0.25) is 0 Å². The number of nitrogens with one attached hydrogen (secondary N) is 1. The molecule has 1 aliphatic heterocycles. The van der Waals surface area contributed by atoms with Crippen molar-refractivity contribution in [2.24, 2.45) is 7.05 Å². The molecule has 6 nitrogen and oxygen atoms in total. The summed E-state index contributed by atoms with van der Waals surface area (Å²) in [6.07, 6.45) is 3.07. The van der Waals surface area contributed by atoms with Gasteiger partial charge >= 0.3 is 0 Å². The van der Waals surface area contributed by atoms with Crippen LogP contribution >= 0.6 is 0 Å². The van der Waals surface area contributed by atoms with E-state index in [1.165, 1.54) is 0 Å². The second-order valence-electron chi connectivity index (χ2n) is 6.10. The van der Waals surface area contributed by atoms with Gasteiger partial charge < -0.3 is 19.4 Å². The Kier molecular flexibility index (Phi) is 4.08. The third kappa shape index (κ3) is 2.61. The van der Waals surface area contributed by atoms with Crippen molar-refractivity contribution in [3.05, 3.63) is 30.2 Å². The average Bonchev–Trinajstić information content (AvgIpc) is 3.21. The summed E-state index contributed by atoms with van der Waals surface area (Å²) in [5.41, 5.74) is 2.86. The van der Waals surface area contributed by atoms with E-state index in [1.54, 1.807) is 0 Å². The maximum Gasteiger partial charge on any atom is 0.135 e. The highest BCUT2D eigenvalue weighted by Gasteiger charge is 2.20. The van der Waals surface area contributed by atoms with E-state index in [0.29, 0.717) is 13.2 Å². The van der Waals surface area contributed by atoms with Crippen LogP contribution in [0, 0.1) is 0 Å². The molecule has 0 spiro atoms. The van der Waals surface area contributed by atoms with Crippen molar-refractivity contribution < 1.29 is 9.47 Å². The largest absolute Gasteiger partial charge is 0.488 e. The monoisotopic (exact) mass is 326 g/mol. The summed E-state index contributed by atoms with van der Waals surface area (Å²) >= 11 is 0. The standard InChI is InChI=1S/C18H22N4O2/c1-3-23-11-16-21-14-10-20-13-5-4-6-15(17(13)18(14)22(16)2)24-12-7-8-19-9-12/h4-6,10,12,19H,3,7-9,11H2,1-2H3. The number of imidazole rings is 1. The van der Waals surface area contributed by atoms with E-state index >= 15 is 0 Å². The van der Waals surface area contributed by atoms with Crippen molar-refractivity contribution in [3.8, 4) is 5.75 Å². The van der Waals surface area contributed by atoms with Crippen LogP contribution in [0.4, 0.5) is 0 Å². The predicted octanol–water partition coefficient (Wildman–Crippen LogP) is 2.40. The minimum absolute atomic E-state index is 0.210. The van der Waals surface area contributed by atoms with E-state index in [0.717, 1.165) is 53.0 Å². The van der Waals surface area contributed by atoms with Gasteiger partial charge in [-0.1, -0.05) is 6.07 Å². The molecule has 3 aromatic rings. The van der Waals surface area contributed by atoms with E-state index in [4.69, 9.17) is 9.47 Å². The Morgan fingerprint density at radius 2 is 2.25 bits per heavy atom. The Hall–Kier alpha value is -2.18. The zero-order valence-electron chi connectivity index (χ0n) is 14.1. The van der Waals surface area contributed by atoms with Crippen LogP contribution in [0.5, 0.6) is 5.75 Å². The SMILES string of the molecule is CCOCc1nc2cnc3cccc(OC4CCNC4)c3c2n1C. The summed E-state index contributed by atoms with van der Waals surface area (Å²) in [6, 6.07) is 6.04. The fourth-order valence-electron chi connectivity index (χ4n) is 3.28. The second-order valence-corrected chi connectivity index (χ2v) is 6.10. The molecule has 1 saturated heterocycles. The first-order valence-corrected chi connectivity index (χ1v) is 8.46. The lowest BCUT2D eigenvalue weighted by Gasteiger charge is -2.15. The lowest BCUT2D eigenvalue weighted by atomic mass is 10.1. The van der Waals surface area contributed by atoms with Crippen LogP contribution in [0.1, 0.15) is 19.2 Å². The fraction of sp³-hybridized carbons (Fsp3) is 0.444. The predicted molar refractivity (Wildman–Crippen MR) is 93.2 cm³/mol. The Balaban J connectivity index is 1.86. The zero-order chi connectivity index (χ0) is 16.5. The van der Waals surface area contributed by atoms with Crippen LogP contribution in [0.3, 0.4) is 0 Å². The Labute approximate surface area is 140 Å². The van der Waals surface area contributed by atoms with Crippen LogP contribution in [-0.4, -0.2) is 40.3 Å². The molecule has 1 aliphatic rings. The van der Waals surface area contributed by atoms with Gasteiger partial charge in [0.05, 0.1) is 22.6 Å². The van der Waals surface area contributed by atoms with Crippen LogP contribution in [0.25, 0.3) is 21.9 Å². The smallest absolute Gasteiger partial charge is 0.135 e. The lowest BCUT2D eigenvalue weighted by molar-refractivity contribution is 0.126. The topological polar surface area (TPSA) is 61.2 Å². The van der Waals surface area contributed by atoms with E-state index in [1.807, 2.05) is 38.4 Å². The summed E-state index contributed by atoms with van der Waals surface area (Å²) in [5.74, 6) is 1.78. The highest BCUT2D eigenvalue weighted by atomic mass is 16.5. The molecule has 6 heteroatoms. The summed E-state index contributed by atoms with van der Waals surface area (Å²) in [5, 5.41) is 4.37. The molecule has 0 amide bonds. The minimum atomic E-state index is 0.210. The third-order valence-electron chi connectivity index (χ3n) is 4.53. The molecule has 0 saturated carbocycles. The highest BCUT2D eigenvalue weighted by Crippen LogP contribution is 2.33. The highest BCUT2D eigenvalue weighted by molar-refractivity contribution is 6.05. The zero-order valence-corrected chi connectivity index (χ0v) is 14.1. The Morgan fingerprint density at radius 1 is 1.33 bits per heavy atom. The molecule has 126 valence electrons. The maximum absolute atomic E-state index is 6.27. The molecule has 1 atom stereocenters. The molecular formula is C18H22N4O2. The number of rotatable bonds is 5. The molecule has 0 aliphatic carbocycles. The van der Waals surface area contributed by atoms with Crippen LogP contribution in [-0.2, 0) is 18.4 Å². The first kappa shape index (κ1) is 15.4. The van der Waals surface area contributed by atoms with E-state index in [-0.39, 0.29) is 6.10 Å². The fourth-order valence-corrected chi connectivity index (χ4v) is 3.28. The first-order valence-electron chi connectivity index (χ1n) is 8.46. The first-order chi connectivity index (χ1) is 11.8. The number of fused-ring (bicyclic) bond motifs is 3. The molecule has 3 heterocycles. The molecular weight excluding hydrogens is 304 g/mol. The van der Waals surface area contributed by atoms with E-state index in [2.05, 4.69) is 19.9 Å². The van der Waals surface area contributed by atoms with Gasteiger partial charge in [0.25, 0.3) is 0 Å². The molecule has 24 heavy (non-hydrogen) atoms. The number of hydrogen-bond acceptors (Lipinski definition) is 5. The van der Waals surface area contributed by atoms with Crippen molar-refractivity contribution in [3.63, 3.8) is 0 Å². The van der Waals surface area contributed by atoms with Gasteiger partial charge in [0, 0.05) is 20.2 Å². The number of pyridine rings is 1. The minimum Gasteiger partial charge on any atom is -0.488 e. The number of nitrogens with zero attached hydrogens (tertiary/aromatic N) is 3. The number of benzene rings is 1. The van der Waals surface area contributed by atoms with Gasteiger partial charge in [-0.2, -0.15) is 0 Å². The van der Waals surface area contributed by atoms with Gasteiger partial charge in [-0.3, -0.25) is 4.98 Å². The molecule has 1 fully saturated rings.